The minimum Gasteiger partial charge on any atom is -0.379 e. The molecule has 0 bridgehead atoms. The second-order valence-corrected chi connectivity index (χ2v) is 9.49. The van der Waals surface area contributed by atoms with Crippen molar-refractivity contribution in [2.75, 3.05) is 32.8 Å². The first kappa shape index (κ1) is 20.3. The SMILES string of the molecule is C[C@@H]1COCCN1C1NC(=O)C(c2nc3ccccc3s2)C(N[C@@H]2CCCNC2)N1. The van der Waals surface area contributed by atoms with Gasteiger partial charge in [0, 0.05) is 25.2 Å². The average Bonchev–Trinajstić information content (AvgIpc) is 3.18. The van der Waals surface area contributed by atoms with Crippen LogP contribution in [-0.2, 0) is 9.53 Å². The molecule has 5 rings (SSSR count). The van der Waals surface area contributed by atoms with E-state index in [1.54, 1.807) is 11.3 Å². The summed E-state index contributed by atoms with van der Waals surface area (Å²) in [6, 6.07) is 8.66. The number of fused-ring (bicyclic) bond motifs is 1. The van der Waals surface area contributed by atoms with Gasteiger partial charge in [0.2, 0.25) is 5.91 Å². The number of ether oxygens (including phenoxy) is 1. The third-order valence-corrected chi connectivity index (χ3v) is 7.39. The number of benzene rings is 1. The molecule has 3 aliphatic heterocycles. The van der Waals surface area contributed by atoms with Crippen molar-refractivity contribution in [3.05, 3.63) is 29.3 Å². The second-order valence-electron chi connectivity index (χ2n) is 8.42. The predicted molar refractivity (Wildman–Crippen MR) is 117 cm³/mol. The summed E-state index contributed by atoms with van der Waals surface area (Å²) in [5, 5.41) is 15.0. The molecule has 4 N–H and O–H groups in total. The zero-order chi connectivity index (χ0) is 20.5. The average molecular weight is 431 g/mol. The lowest BCUT2D eigenvalue weighted by atomic mass is 10.00. The van der Waals surface area contributed by atoms with Crippen LogP contribution in [0.15, 0.2) is 24.3 Å². The van der Waals surface area contributed by atoms with Crippen molar-refractivity contribution in [3.63, 3.8) is 0 Å². The van der Waals surface area contributed by atoms with Gasteiger partial charge in [-0.3, -0.25) is 20.3 Å². The molecule has 3 fully saturated rings. The van der Waals surface area contributed by atoms with E-state index in [-0.39, 0.29) is 30.3 Å². The molecule has 8 nitrogen and oxygen atoms in total. The van der Waals surface area contributed by atoms with Crippen LogP contribution in [0, 0.1) is 0 Å². The summed E-state index contributed by atoms with van der Waals surface area (Å²) in [6.07, 6.45) is 1.87. The molecule has 2 aromatic rings. The van der Waals surface area contributed by atoms with Crippen LogP contribution in [0.3, 0.4) is 0 Å². The lowest BCUT2D eigenvalue weighted by Crippen LogP contribution is -2.72. The maximum atomic E-state index is 13.4. The van der Waals surface area contributed by atoms with Gasteiger partial charge in [0.25, 0.3) is 0 Å². The molecule has 5 atom stereocenters. The highest BCUT2D eigenvalue weighted by Gasteiger charge is 2.42. The molecule has 9 heteroatoms. The molecule has 0 spiro atoms. The van der Waals surface area contributed by atoms with Crippen molar-refractivity contribution in [1.29, 1.82) is 0 Å². The first-order valence-corrected chi connectivity index (χ1v) is 11.7. The number of carbonyl (C=O) groups excluding carboxylic acids is 1. The molecule has 1 amide bonds. The third kappa shape index (κ3) is 4.10. The lowest BCUT2D eigenvalue weighted by molar-refractivity contribution is -0.132. The molecule has 0 aliphatic carbocycles. The number of thiazole rings is 1. The lowest BCUT2D eigenvalue weighted by Gasteiger charge is -2.46. The Morgan fingerprint density at radius 1 is 1.33 bits per heavy atom. The molecule has 4 heterocycles. The van der Waals surface area contributed by atoms with Gasteiger partial charge in [-0.1, -0.05) is 12.1 Å². The fourth-order valence-electron chi connectivity index (χ4n) is 4.66. The van der Waals surface area contributed by atoms with Crippen LogP contribution >= 0.6 is 11.3 Å². The Morgan fingerprint density at radius 2 is 2.23 bits per heavy atom. The van der Waals surface area contributed by atoms with E-state index in [4.69, 9.17) is 9.72 Å². The Hall–Kier alpha value is -1.62. The Labute approximate surface area is 180 Å². The standard InChI is InChI=1S/C21H30N6O2S/c1-13-12-29-10-9-27(13)21-25-18(23-14-5-4-8-22-11-14)17(19(28)26-21)20-24-15-6-2-3-7-16(15)30-20/h2-3,6-7,13-14,17-18,21-23,25H,4-5,8-12H2,1H3,(H,26,28)/t13-,14-,17?,18?,21?/m1/s1. The second kappa shape index (κ2) is 8.86. The molecule has 0 radical (unpaired) electrons. The number of para-hydroxylation sites is 1. The van der Waals surface area contributed by atoms with Crippen LogP contribution in [0.2, 0.25) is 0 Å². The van der Waals surface area contributed by atoms with Crippen LogP contribution < -0.4 is 21.3 Å². The highest BCUT2D eigenvalue weighted by atomic mass is 32.1. The van der Waals surface area contributed by atoms with Crippen LogP contribution in [-0.4, -0.2) is 73.2 Å². The van der Waals surface area contributed by atoms with Gasteiger partial charge in [-0.2, -0.15) is 0 Å². The van der Waals surface area contributed by atoms with E-state index in [1.807, 2.05) is 18.2 Å². The van der Waals surface area contributed by atoms with Crippen molar-refractivity contribution < 1.29 is 9.53 Å². The van der Waals surface area contributed by atoms with E-state index in [9.17, 15) is 4.79 Å². The number of hydrogen-bond donors (Lipinski definition) is 4. The molecule has 30 heavy (non-hydrogen) atoms. The largest absolute Gasteiger partial charge is 0.379 e. The van der Waals surface area contributed by atoms with Gasteiger partial charge in [0.15, 0.2) is 0 Å². The van der Waals surface area contributed by atoms with E-state index < -0.39 is 0 Å². The zero-order valence-corrected chi connectivity index (χ0v) is 18.1. The Morgan fingerprint density at radius 3 is 3.03 bits per heavy atom. The van der Waals surface area contributed by atoms with Crippen molar-refractivity contribution in [2.24, 2.45) is 0 Å². The van der Waals surface area contributed by atoms with Gasteiger partial charge < -0.3 is 15.4 Å². The number of piperidine rings is 1. The summed E-state index contributed by atoms with van der Waals surface area (Å²) in [4.78, 5) is 20.5. The maximum absolute atomic E-state index is 13.4. The monoisotopic (exact) mass is 430 g/mol. The number of rotatable bonds is 4. The fourth-order valence-corrected chi connectivity index (χ4v) is 5.76. The highest BCUT2D eigenvalue weighted by molar-refractivity contribution is 7.18. The van der Waals surface area contributed by atoms with Crippen LogP contribution in [0.1, 0.15) is 30.7 Å². The normalized spacial score (nSPS) is 33.5. The first-order chi connectivity index (χ1) is 14.7. The van der Waals surface area contributed by atoms with Crippen LogP contribution in [0.25, 0.3) is 10.2 Å². The van der Waals surface area contributed by atoms with Crippen molar-refractivity contribution in [2.45, 2.75) is 50.2 Å². The van der Waals surface area contributed by atoms with Gasteiger partial charge in [-0.05, 0) is 38.4 Å². The van der Waals surface area contributed by atoms with E-state index in [1.165, 1.54) is 0 Å². The Balaban J connectivity index is 1.42. The van der Waals surface area contributed by atoms with E-state index in [2.05, 4.69) is 39.2 Å². The quantitative estimate of drug-likeness (QED) is 0.570. The maximum Gasteiger partial charge on any atom is 0.235 e. The summed E-state index contributed by atoms with van der Waals surface area (Å²) in [5.74, 6) is -0.338. The first-order valence-electron chi connectivity index (χ1n) is 10.9. The van der Waals surface area contributed by atoms with Gasteiger partial charge >= 0.3 is 0 Å². The Kier molecular flexibility index (Phi) is 5.99. The van der Waals surface area contributed by atoms with Gasteiger partial charge in [0.05, 0.1) is 29.6 Å². The predicted octanol–water partition coefficient (Wildman–Crippen LogP) is 0.771. The minimum atomic E-state index is -0.364. The van der Waals surface area contributed by atoms with Crippen molar-refractivity contribution in [3.8, 4) is 0 Å². The number of nitrogens with one attached hydrogen (secondary N) is 4. The van der Waals surface area contributed by atoms with Gasteiger partial charge in [-0.15, -0.1) is 11.3 Å². The summed E-state index contributed by atoms with van der Waals surface area (Å²) < 4.78 is 6.70. The summed E-state index contributed by atoms with van der Waals surface area (Å²) in [6.45, 7) is 6.28. The van der Waals surface area contributed by atoms with E-state index in [0.29, 0.717) is 19.3 Å². The third-order valence-electron chi connectivity index (χ3n) is 6.27. The summed E-state index contributed by atoms with van der Waals surface area (Å²) >= 11 is 1.61. The minimum absolute atomic E-state index is 0.0257. The van der Waals surface area contributed by atoms with Gasteiger partial charge in [-0.25, -0.2) is 4.98 Å². The molecule has 1 aromatic heterocycles. The zero-order valence-electron chi connectivity index (χ0n) is 17.3. The van der Waals surface area contributed by atoms with Crippen LogP contribution in [0.4, 0.5) is 0 Å². The van der Waals surface area contributed by atoms with Gasteiger partial charge in [0.1, 0.15) is 17.2 Å². The highest BCUT2D eigenvalue weighted by Crippen LogP contribution is 2.31. The molecular weight excluding hydrogens is 400 g/mol. The van der Waals surface area contributed by atoms with E-state index in [0.717, 1.165) is 47.7 Å². The molecular formula is C21H30N6O2S. The molecule has 162 valence electrons. The number of carbonyl (C=O) groups is 1. The number of morpholine rings is 1. The summed E-state index contributed by atoms with van der Waals surface area (Å²) in [7, 11) is 0. The number of nitrogens with zero attached hydrogens (tertiary/aromatic N) is 2. The molecule has 3 unspecified atom stereocenters. The fraction of sp³-hybridized carbons (Fsp3) is 0.619. The Bertz CT molecular complexity index is 852. The molecule has 0 saturated carbocycles. The summed E-state index contributed by atoms with van der Waals surface area (Å²) in [5.41, 5.74) is 0.951. The number of aromatic nitrogens is 1. The van der Waals surface area contributed by atoms with Crippen molar-refractivity contribution in [1.82, 2.24) is 31.2 Å². The number of amides is 1. The smallest absolute Gasteiger partial charge is 0.235 e. The molecule has 3 saturated heterocycles. The van der Waals surface area contributed by atoms with Crippen LogP contribution in [0.5, 0.6) is 0 Å². The molecule has 1 aromatic carbocycles. The molecule has 3 aliphatic rings. The topological polar surface area (TPSA) is 90.5 Å². The van der Waals surface area contributed by atoms with Crippen molar-refractivity contribution >= 4 is 27.5 Å². The van der Waals surface area contributed by atoms with E-state index >= 15 is 0 Å². The number of hydrogen-bond acceptors (Lipinski definition) is 8.